The highest BCUT2D eigenvalue weighted by molar-refractivity contribution is 5.35. The first-order chi connectivity index (χ1) is 9.58. The quantitative estimate of drug-likeness (QED) is 0.894. The highest BCUT2D eigenvalue weighted by Gasteiger charge is 2.08. The molecule has 0 aromatic heterocycles. The Balaban J connectivity index is 2.24. The maximum Gasteiger partial charge on any atom is 0.165 e. The fourth-order valence-electron chi connectivity index (χ4n) is 1.73. The summed E-state index contributed by atoms with van der Waals surface area (Å²) < 4.78 is 45.2. The Kier molecular flexibility index (Phi) is 4.63. The van der Waals surface area contributed by atoms with Crippen LogP contribution in [0.3, 0.4) is 0 Å². The van der Waals surface area contributed by atoms with E-state index < -0.39 is 17.5 Å². The monoisotopic (exact) mass is 281 g/mol. The molecular formula is C15H14F3NO. The summed E-state index contributed by atoms with van der Waals surface area (Å²) in [7, 11) is 0. The lowest BCUT2D eigenvalue weighted by Gasteiger charge is -2.09. The van der Waals surface area contributed by atoms with Crippen molar-refractivity contribution in [3.63, 3.8) is 0 Å². The van der Waals surface area contributed by atoms with E-state index >= 15 is 0 Å². The third-order valence-corrected chi connectivity index (χ3v) is 2.63. The number of rotatable bonds is 5. The molecular weight excluding hydrogens is 267 g/mol. The normalized spacial score (nSPS) is 10.6. The van der Waals surface area contributed by atoms with Gasteiger partial charge in [-0.2, -0.15) is 0 Å². The molecule has 5 heteroatoms. The van der Waals surface area contributed by atoms with Gasteiger partial charge in [-0.05, 0) is 36.4 Å². The molecule has 2 aromatic rings. The summed E-state index contributed by atoms with van der Waals surface area (Å²) in [5.74, 6) is -1.96. The van der Waals surface area contributed by atoms with Crippen LogP contribution in [0.25, 0.3) is 0 Å². The molecule has 0 spiro atoms. The van der Waals surface area contributed by atoms with Crippen molar-refractivity contribution in [3.05, 3.63) is 59.4 Å². The average Bonchev–Trinajstić information content (AvgIpc) is 2.40. The maximum atomic E-state index is 13.5. The highest BCUT2D eigenvalue weighted by atomic mass is 19.1. The molecule has 0 aliphatic carbocycles. The van der Waals surface area contributed by atoms with Crippen LogP contribution < -0.4 is 10.1 Å². The smallest absolute Gasteiger partial charge is 0.165 e. The van der Waals surface area contributed by atoms with Crippen LogP contribution in [0.4, 0.5) is 13.2 Å². The van der Waals surface area contributed by atoms with Crippen LogP contribution >= 0.6 is 0 Å². The summed E-state index contributed by atoms with van der Waals surface area (Å²) >= 11 is 0. The van der Waals surface area contributed by atoms with Crippen molar-refractivity contribution in [2.75, 3.05) is 6.54 Å². The number of ether oxygens (including phenoxy) is 1. The van der Waals surface area contributed by atoms with Crippen molar-refractivity contribution in [1.82, 2.24) is 5.32 Å². The molecule has 0 atom stereocenters. The first-order valence-corrected chi connectivity index (χ1v) is 6.21. The second-order valence-electron chi connectivity index (χ2n) is 4.25. The average molecular weight is 281 g/mol. The van der Waals surface area contributed by atoms with Gasteiger partial charge < -0.3 is 10.1 Å². The predicted molar refractivity (Wildman–Crippen MR) is 70.2 cm³/mol. The van der Waals surface area contributed by atoms with Gasteiger partial charge in [-0.25, -0.2) is 13.2 Å². The number of hydrogen-bond donors (Lipinski definition) is 1. The van der Waals surface area contributed by atoms with Gasteiger partial charge in [0.25, 0.3) is 0 Å². The Labute approximate surface area is 115 Å². The second kappa shape index (κ2) is 6.43. The van der Waals surface area contributed by atoms with Crippen LogP contribution in [0, 0.1) is 17.5 Å². The summed E-state index contributed by atoms with van der Waals surface area (Å²) in [6, 6.07) is 6.94. The molecule has 2 aromatic carbocycles. The van der Waals surface area contributed by atoms with Crippen LogP contribution in [0.5, 0.6) is 11.5 Å². The lowest BCUT2D eigenvalue weighted by Crippen LogP contribution is -2.11. The van der Waals surface area contributed by atoms with E-state index in [4.69, 9.17) is 4.74 Å². The Morgan fingerprint density at radius 3 is 2.55 bits per heavy atom. The predicted octanol–water partition coefficient (Wildman–Crippen LogP) is 4.01. The fraction of sp³-hybridized carbons (Fsp3) is 0.200. The lowest BCUT2D eigenvalue weighted by atomic mass is 10.2. The minimum absolute atomic E-state index is 0.127. The van der Waals surface area contributed by atoms with E-state index in [0.29, 0.717) is 12.1 Å². The zero-order valence-electron chi connectivity index (χ0n) is 10.9. The largest absolute Gasteiger partial charge is 0.454 e. The maximum absolute atomic E-state index is 13.5. The Bertz CT molecular complexity index is 602. The van der Waals surface area contributed by atoms with Crippen LogP contribution in [0.1, 0.15) is 12.5 Å². The van der Waals surface area contributed by atoms with Gasteiger partial charge in [-0.3, -0.25) is 0 Å². The first kappa shape index (κ1) is 14.4. The van der Waals surface area contributed by atoms with E-state index in [-0.39, 0.29) is 11.5 Å². The highest BCUT2D eigenvalue weighted by Crippen LogP contribution is 2.26. The van der Waals surface area contributed by atoms with Gasteiger partial charge in [0.1, 0.15) is 17.4 Å². The fourth-order valence-corrected chi connectivity index (χ4v) is 1.73. The van der Waals surface area contributed by atoms with Crippen molar-refractivity contribution >= 4 is 0 Å². The van der Waals surface area contributed by atoms with Gasteiger partial charge in [-0.1, -0.05) is 6.92 Å². The van der Waals surface area contributed by atoms with Crippen molar-refractivity contribution in [3.8, 4) is 11.5 Å². The summed E-state index contributed by atoms with van der Waals surface area (Å²) in [6.45, 7) is 3.14. The van der Waals surface area contributed by atoms with E-state index in [1.54, 1.807) is 6.07 Å². The van der Waals surface area contributed by atoms with Crippen LogP contribution in [-0.2, 0) is 6.54 Å². The molecule has 0 saturated heterocycles. The van der Waals surface area contributed by atoms with Gasteiger partial charge in [0.2, 0.25) is 0 Å². The number of nitrogens with one attached hydrogen (secondary N) is 1. The molecule has 0 bridgehead atoms. The summed E-state index contributed by atoms with van der Waals surface area (Å²) in [6.07, 6.45) is 0. The number of benzene rings is 2. The Hall–Kier alpha value is -2.01. The van der Waals surface area contributed by atoms with Crippen LogP contribution in [-0.4, -0.2) is 6.54 Å². The van der Waals surface area contributed by atoms with Gasteiger partial charge in [0.15, 0.2) is 11.6 Å². The third-order valence-electron chi connectivity index (χ3n) is 2.63. The Morgan fingerprint density at radius 1 is 1.00 bits per heavy atom. The van der Waals surface area contributed by atoms with E-state index in [9.17, 15) is 13.2 Å². The van der Waals surface area contributed by atoms with Crippen molar-refractivity contribution in [1.29, 1.82) is 0 Å². The third kappa shape index (κ3) is 3.74. The van der Waals surface area contributed by atoms with Gasteiger partial charge >= 0.3 is 0 Å². The minimum atomic E-state index is -0.705. The molecule has 106 valence electrons. The second-order valence-corrected chi connectivity index (χ2v) is 4.25. The van der Waals surface area contributed by atoms with E-state index in [2.05, 4.69) is 5.32 Å². The minimum Gasteiger partial charge on any atom is -0.454 e. The lowest BCUT2D eigenvalue weighted by molar-refractivity contribution is 0.432. The molecule has 0 aliphatic heterocycles. The molecule has 0 saturated carbocycles. The molecule has 1 N–H and O–H groups in total. The van der Waals surface area contributed by atoms with Gasteiger partial charge in [-0.15, -0.1) is 0 Å². The summed E-state index contributed by atoms with van der Waals surface area (Å²) in [4.78, 5) is 0. The molecule has 0 heterocycles. The topological polar surface area (TPSA) is 21.3 Å². The number of hydrogen-bond acceptors (Lipinski definition) is 2. The molecule has 2 rings (SSSR count). The molecule has 0 amide bonds. The van der Waals surface area contributed by atoms with E-state index in [1.807, 2.05) is 6.92 Å². The van der Waals surface area contributed by atoms with Crippen molar-refractivity contribution in [2.24, 2.45) is 0 Å². The van der Waals surface area contributed by atoms with Crippen LogP contribution in [0.15, 0.2) is 36.4 Å². The first-order valence-electron chi connectivity index (χ1n) is 6.21. The standard InChI is InChI=1S/C15H14F3NO/c1-2-19-9-10-5-12(17)7-13(6-10)20-15-8-11(16)3-4-14(15)18/h3-8,19H,2,9H2,1H3. The molecule has 20 heavy (non-hydrogen) atoms. The van der Waals surface area contributed by atoms with E-state index in [1.165, 1.54) is 6.07 Å². The van der Waals surface area contributed by atoms with E-state index in [0.717, 1.165) is 30.8 Å². The SMILES string of the molecule is CCNCc1cc(F)cc(Oc2cc(F)ccc2F)c1. The molecule has 0 radical (unpaired) electrons. The molecule has 0 aliphatic rings. The summed E-state index contributed by atoms with van der Waals surface area (Å²) in [5, 5.41) is 3.05. The summed E-state index contributed by atoms with van der Waals surface area (Å²) in [5.41, 5.74) is 0.665. The zero-order valence-corrected chi connectivity index (χ0v) is 10.9. The van der Waals surface area contributed by atoms with Gasteiger partial charge in [0.05, 0.1) is 0 Å². The number of halogens is 3. The van der Waals surface area contributed by atoms with Crippen molar-refractivity contribution in [2.45, 2.75) is 13.5 Å². The zero-order chi connectivity index (χ0) is 14.5. The molecule has 2 nitrogen and oxygen atoms in total. The van der Waals surface area contributed by atoms with Gasteiger partial charge in [0, 0.05) is 18.7 Å². The van der Waals surface area contributed by atoms with Crippen LogP contribution in [0.2, 0.25) is 0 Å². The molecule has 0 unspecified atom stereocenters. The Morgan fingerprint density at radius 2 is 1.80 bits per heavy atom. The molecule has 0 fully saturated rings. The van der Waals surface area contributed by atoms with Crippen molar-refractivity contribution < 1.29 is 17.9 Å².